The molecule has 0 amide bonds. The van der Waals surface area contributed by atoms with Crippen molar-refractivity contribution in [2.45, 2.75) is 38.9 Å². The predicted molar refractivity (Wildman–Crippen MR) is 54.0 cm³/mol. The minimum Gasteiger partial charge on any atom is -0.364 e. The molecular formula is C12H13F3O. The van der Waals surface area contributed by atoms with Gasteiger partial charge in [0, 0.05) is 0 Å². The summed E-state index contributed by atoms with van der Waals surface area (Å²) in [6.45, 7) is 4.59. The van der Waals surface area contributed by atoms with Gasteiger partial charge in [-0.3, -0.25) is 0 Å². The zero-order chi connectivity index (χ0) is 12.1. The van der Waals surface area contributed by atoms with Gasteiger partial charge in [-0.25, -0.2) is 4.39 Å². The van der Waals surface area contributed by atoms with E-state index in [0.717, 1.165) is 6.07 Å². The maximum Gasteiger partial charge on any atom is 0.301 e. The quantitative estimate of drug-likeness (QED) is 0.660. The molecular weight excluding hydrogens is 217 g/mol. The van der Waals surface area contributed by atoms with Gasteiger partial charge >= 0.3 is 5.92 Å². The molecule has 1 nitrogen and oxygen atoms in total. The molecule has 4 heteroatoms. The van der Waals surface area contributed by atoms with E-state index in [2.05, 4.69) is 0 Å². The second kappa shape index (κ2) is 3.48. The fourth-order valence-electron chi connectivity index (χ4n) is 2.11. The molecule has 1 aliphatic rings. The fraction of sp³-hybridized carbons (Fsp3) is 0.500. The summed E-state index contributed by atoms with van der Waals surface area (Å²) in [6.07, 6.45) is -1.80. The number of rotatable bonds is 0. The Morgan fingerprint density at radius 3 is 2.50 bits per heavy atom. The average molecular weight is 230 g/mol. The molecule has 1 heterocycles. The van der Waals surface area contributed by atoms with Crippen molar-refractivity contribution in [2.24, 2.45) is 0 Å². The second-order valence-electron chi connectivity index (χ2n) is 4.25. The van der Waals surface area contributed by atoms with Crippen molar-refractivity contribution >= 4 is 0 Å². The molecule has 88 valence electrons. The number of halogens is 3. The largest absolute Gasteiger partial charge is 0.364 e. The summed E-state index contributed by atoms with van der Waals surface area (Å²) in [5, 5.41) is 0. The van der Waals surface area contributed by atoms with Gasteiger partial charge in [0.05, 0.1) is 11.7 Å². The summed E-state index contributed by atoms with van der Waals surface area (Å²) in [5.74, 6) is -4.11. The van der Waals surface area contributed by atoms with Crippen LogP contribution in [0, 0.1) is 12.7 Å². The molecule has 2 atom stereocenters. The van der Waals surface area contributed by atoms with Crippen molar-refractivity contribution in [3.63, 3.8) is 0 Å². The topological polar surface area (TPSA) is 9.23 Å². The zero-order valence-electron chi connectivity index (χ0n) is 9.35. The Morgan fingerprint density at radius 1 is 1.25 bits per heavy atom. The van der Waals surface area contributed by atoms with Crippen LogP contribution >= 0.6 is 0 Å². The monoisotopic (exact) mass is 230 g/mol. The summed E-state index contributed by atoms with van der Waals surface area (Å²) in [7, 11) is 0. The number of alkyl halides is 2. The van der Waals surface area contributed by atoms with E-state index in [4.69, 9.17) is 4.74 Å². The summed E-state index contributed by atoms with van der Waals surface area (Å²) < 4.78 is 46.3. The lowest BCUT2D eigenvalue weighted by atomic mass is 9.90. The molecule has 0 spiro atoms. The lowest BCUT2D eigenvalue weighted by Crippen LogP contribution is -2.38. The van der Waals surface area contributed by atoms with Crippen LogP contribution in [0.15, 0.2) is 12.1 Å². The first kappa shape index (κ1) is 11.5. The molecule has 1 aliphatic heterocycles. The van der Waals surface area contributed by atoms with Gasteiger partial charge in [-0.1, -0.05) is 6.07 Å². The number of aryl methyl sites for hydroxylation is 1. The van der Waals surface area contributed by atoms with E-state index in [1.807, 2.05) is 0 Å². The number of ether oxygens (including phenoxy) is 1. The van der Waals surface area contributed by atoms with Crippen molar-refractivity contribution in [3.05, 3.63) is 34.6 Å². The molecule has 1 aromatic rings. The van der Waals surface area contributed by atoms with Gasteiger partial charge in [0.25, 0.3) is 0 Å². The third-order valence-electron chi connectivity index (χ3n) is 2.96. The van der Waals surface area contributed by atoms with E-state index < -0.39 is 29.5 Å². The summed E-state index contributed by atoms with van der Waals surface area (Å²) in [4.78, 5) is 0. The highest BCUT2D eigenvalue weighted by molar-refractivity contribution is 5.39. The SMILES string of the molecule is Cc1cc(F)c2c(c1)C(C)OC(C)C2(F)F. The molecule has 0 saturated carbocycles. The fourth-order valence-corrected chi connectivity index (χ4v) is 2.11. The smallest absolute Gasteiger partial charge is 0.301 e. The van der Waals surface area contributed by atoms with Crippen LogP contribution in [0.3, 0.4) is 0 Å². The number of hydrogen-bond acceptors (Lipinski definition) is 1. The standard InChI is InChI=1S/C12H13F3O/c1-6-4-9-7(2)16-8(3)12(14,15)11(9)10(13)5-6/h4-5,7-8H,1-3H3. The van der Waals surface area contributed by atoms with Gasteiger partial charge in [0.1, 0.15) is 11.9 Å². The van der Waals surface area contributed by atoms with E-state index >= 15 is 0 Å². The van der Waals surface area contributed by atoms with Crippen LogP contribution in [-0.2, 0) is 10.7 Å². The van der Waals surface area contributed by atoms with Crippen LogP contribution in [0.25, 0.3) is 0 Å². The van der Waals surface area contributed by atoms with Crippen LogP contribution in [0.5, 0.6) is 0 Å². The molecule has 2 rings (SSSR count). The number of benzene rings is 1. The van der Waals surface area contributed by atoms with Crippen molar-refractivity contribution in [1.29, 1.82) is 0 Å². The Bertz CT molecular complexity index is 429. The molecule has 2 unspecified atom stereocenters. The van der Waals surface area contributed by atoms with Crippen molar-refractivity contribution < 1.29 is 17.9 Å². The highest BCUT2D eigenvalue weighted by atomic mass is 19.3. The first-order valence-electron chi connectivity index (χ1n) is 5.18. The Hall–Kier alpha value is -1.03. The van der Waals surface area contributed by atoms with Gasteiger partial charge in [-0.2, -0.15) is 8.78 Å². The van der Waals surface area contributed by atoms with E-state index in [-0.39, 0.29) is 5.56 Å². The summed E-state index contributed by atoms with van der Waals surface area (Å²) in [5.41, 5.74) is 0.363. The van der Waals surface area contributed by atoms with Crippen molar-refractivity contribution in [3.8, 4) is 0 Å². The van der Waals surface area contributed by atoms with Gasteiger partial charge in [0.2, 0.25) is 0 Å². The normalized spacial score (nSPS) is 27.6. The lowest BCUT2D eigenvalue weighted by molar-refractivity contribution is -0.173. The first-order chi connectivity index (χ1) is 7.34. The Balaban J connectivity index is 2.69. The maximum absolute atomic E-state index is 13.8. The van der Waals surface area contributed by atoms with Gasteiger partial charge in [0.15, 0.2) is 0 Å². The average Bonchev–Trinajstić information content (AvgIpc) is 2.13. The van der Waals surface area contributed by atoms with Crippen LogP contribution in [-0.4, -0.2) is 6.10 Å². The van der Waals surface area contributed by atoms with Crippen LogP contribution < -0.4 is 0 Å². The molecule has 0 radical (unpaired) electrons. The van der Waals surface area contributed by atoms with Gasteiger partial charge < -0.3 is 4.74 Å². The molecule has 0 saturated heterocycles. The molecule has 0 fully saturated rings. The Labute approximate surface area is 92.2 Å². The number of fused-ring (bicyclic) bond motifs is 1. The Kier molecular flexibility index (Phi) is 2.49. The van der Waals surface area contributed by atoms with Crippen LogP contribution in [0.4, 0.5) is 13.2 Å². The van der Waals surface area contributed by atoms with Crippen molar-refractivity contribution in [1.82, 2.24) is 0 Å². The second-order valence-corrected chi connectivity index (χ2v) is 4.25. The summed E-state index contributed by atoms with van der Waals surface area (Å²) in [6, 6.07) is 2.69. The lowest BCUT2D eigenvalue weighted by Gasteiger charge is -2.35. The minimum absolute atomic E-state index is 0.251. The number of hydrogen-bond donors (Lipinski definition) is 0. The minimum atomic E-state index is -3.26. The van der Waals surface area contributed by atoms with E-state index in [0.29, 0.717) is 5.56 Å². The molecule has 16 heavy (non-hydrogen) atoms. The van der Waals surface area contributed by atoms with E-state index in [1.54, 1.807) is 19.9 Å². The molecule has 0 N–H and O–H groups in total. The molecule has 0 aliphatic carbocycles. The van der Waals surface area contributed by atoms with Crippen molar-refractivity contribution in [2.75, 3.05) is 0 Å². The highest BCUT2D eigenvalue weighted by Gasteiger charge is 2.48. The van der Waals surface area contributed by atoms with Crippen LogP contribution in [0.1, 0.15) is 36.6 Å². The zero-order valence-corrected chi connectivity index (χ0v) is 9.35. The Morgan fingerprint density at radius 2 is 1.88 bits per heavy atom. The van der Waals surface area contributed by atoms with Crippen LogP contribution in [0.2, 0.25) is 0 Å². The molecule has 0 aromatic heterocycles. The maximum atomic E-state index is 13.8. The third kappa shape index (κ3) is 1.52. The van der Waals surface area contributed by atoms with E-state index in [9.17, 15) is 13.2 Å². The molecule has 1 aromatic carbocycles. The third-order valence-corrected chi connectivity index (χ3v) is 2.96. The van der Waals surface area contributed by atoms with E-state index in [1.165, 1.54) is 6.92 Å². The van der Waals surface area contributed by atoms with Gasteiger partial charge in [-0.05, 0) is 38.0 Å². The summed E-state index contributed by atoms with van der Waals surface area (Å²) >= 11 is 0. The molecule has 0 bridgehead atoms. The predicted octanol–water partition coefficient (Wildman–Crippen LogP) is 3.71. The van der Waals surface area contributed by atoms with Gasteiger partial charge in [-0.15, -0.1) is 0 Å². The first-order valence-corrected chi connectivity index (χ1v) is 5.18. The highest BCUT2D eigenvalue weighted by Crippen LogP contribution is 2.45.